The van der Waals surface area contributed by atoms with E-state index in [-0.39, 0.29) is 42.7 Å². The van der Waals surface area contributed by atoms with E-state index < -0.39 is 11.2 Å². The summed E-state index contributed by atoms with van der Waals surface area (Å²) in [5.41, 5.74) is 1.34. The van der Waals surface area contributed by atoms with Gasteiger partial charge in [-0.05, 0) is 45.7 Å². The van der Waals surface area contributed by atoms with Gasteiger partial charge in [0.2, 0.25) is 0 Å². The molecule has 0 N–H and O–H groups in total. The Balaban J connectivity index is 1.79. The second-order valence-electron chi connectivity index (χ2n) is 7.53. The van der Waals surface area contributed by atoms with Crippen LogP contribution in [0, 0.1) is 11.3 Å². The minimum Gasteiger partial charge on any atom is -0.611 e. The fraction of sp³-hybridized carbons (Fsp3) is 0.208. The zero-order chi connectivity index (χ0) is 22.8. The minimum atomic E-state index is -1.50. The van der Waals surface area contributed by atoms with Crippen molar-refractivity contribution in [3.8, 4) is 6.07 Å². The van der Waals surface area contributed by atoms with Gasteiger partial charge in [-0.15, -0.1) is 0 Å². The van der Waals surface area contributed by atoms with E-state index in [9.17, 15) is 19.4 Å². The molecule has 2 atom stereocenters. The van der Waals surface area contributed by atoms with Crippen LogP contribution in [0.2, 0.25) is 10.0 Å². The van der Waals surface area contributed by atoms with Gasteiger partial charge in [0.15, 0.2) is 4.90 Å². The monoisotopic (exact) mass is 484 g/mol. The van der Waals surface area contributed by atoms with Crippen molar-refractivity contribution in [1.82, 2.24) is 4.90 Å². The van der Waals surface area contributed by atoms with Gasteiger partial charge in [-0.3, -0.25) is 4.79 Å². The van der Waals surface area contributed by atoms with Crippen LogP contribution in [0.3, 0.4) is 0 Å². The number of hydrogen-bond acceptors (Lipinski definition) is 4. The predicted molar refractivity (Wildman–Crippen MR) is 126 cm³/mol. The Morgan fingerprint density at radius 3 is 2.69 bits per heavy atom. The topological polar surface area (TPSA) is 84.2 Å². The van der Waals surface area contributed by atoms with E-state index in [4.69, 9.17) is 23.2 Å². The fourth-order valence-electron chi connectivity index (χ4n) is 4.05. The molecule has 5 nitrogen and oxygen atoms in total. The van der Waals surface area contributed by atoms with Gasteiger partial charge in [-0.2, -0.15) is 5.26 Å². The molecule has 1 amide bonds. The third-order valence-corrected chi connectivity index (χ3v) is 7.81. The number of hydrogen-bond donors (Lipinski definition) is 0. The van der Waals surface area contributed by atoms with Crippen molar-refractivity contribution >= 4 is 57.3 Å². The number of carbonyl (C=O) groups excluding carboxylic acids is 2. The standard InChI is InChI=1S/C24H18Cl2N2O3S/c25-20-6-5-15(12-21(20)26)17(7-9-29)14-28-8-10-32(31)23-18(13-27)11-16-3-1-2-4-19(16)22(23)24(28)30/h1-6,9,11-12,17H,7-8,10,14H2/t17-,32+/m1/s1. The molecule has 0 aliphatic carbocycles. The Morgan fingerprint density at radius 1 is 1.19 bits per heavy atom. The maximum Gasteiger partial charge on any atom is 0.259 e. The van der Waals surface area contributed by atoms with Crippen LogP contribution in [0.1, 0.15) is 33.8 Å². The Hall–Kier alpha value is -2.56. The second-order valence-corrected chi connectivity index (χ2v) is 9.86. The minimum absolute atomic E-state index is 0.191. The number of amides is 1. The summed E-state index contributed by atoms with van der Waals surface area (Å²) in [6, 6.07) is 16.2. The third kappa shape index (κ3) is 4.22. The van der Waals surface area contributed by atoms with Crippen LogP contribution in [0.4, 0.5) is 0 Å². The van der Waals surface area contributed by atoms with Gasteiger partial charge in [0.1, 0.15) is 29.2 Å². The summed E-state index contributed by atoms with van der Waals surface area (Å²) in [6.07, 6.45) is 1.00. The van der Waals surface area contributed by atoms with Crippen LogP contribution in [-0.4, -0.2) is 40.5 Å². The molecular formula is C24H18Cl2N2O3S. The lowest BCUT2D eigenvalue weighted by atomic mass is 9.94. The van der Waals surface area contributed by atoms with Crippen LogP contribution in [0.5, 0.6) is 0 Å². The summed E-state index contributed by atoms with van der Waals surface area (Å²) >= 11 is 10.7. The lowest BCUT2D eigenvalue weighted by Gasteiger charge is -2.26. The average Bonchev–Trinajstić information content (AvgIpc) is 2.92. The van der Waals surface area contributed by atoms with E-state index in [0.717, 1.165) is 17.2 Å². The third-order valence-electron chi connectivity index (χ3n) is 5.63. The molecule has 0 spiro atoms. The maximum atomic E-state index is 13.7. The molecule has 3 aromatic carbocycles. The number of rotatable bonds is 5. The summed E-state index contributed by atoms with van der Waals surface area (Å²) in [4.78, 5) is 27.0. The zero-order valence-corrected chi connectivity index (χ0v) is 19.2. The Kier molecular flexibility index (Phi) is 6.73. The van der Waals surface area contributed by atoms with E-state index in [1.165, 1.54) is 0 Å². The predicted octanol–water partition coefficient (Wildman–Crippen LogP) is 4.95. The highest BCUT2D eigenvalue weighted by molar-refractivity contribution is 7.91. The number of nitriles is 1. The van der Waals surface area contributed by atoms with Gasteiger partial charge < -0.3 is 14.2 Å². The second kappa shape index (κ2) is 9.51. The van der Waals surface area contributed by atoms with Gasteiger partial charge in [0.05, 0.1) is 16.6 Å². The van der Waals surface area contributed by atoms with E-state index in [0.29, 0.717) is 25.9 Å². The summed E-state index contributed by atoms with van der Waals surface area (Å²) in [6.45, 7) is 0.493. The molecule has 0 aromatic heterocycles. The molecule has 1 heterocycles. The largest absolute Gasteiger partial charge is 0.611 e. The summed E-state index contributed by atoms with van der Waals surface area (Å²) in [5.74, 6) is -0.386. The highest BCUT2D eigenvalue weighted by atomic mass is 35.5. The number of carbonyl (C=O) groups is 2. The molecule has 0 saturated carbocycles. The molecule has 3 aromatic rings. The van der Waals surface area contributed by atoms with Crippen LogP contribution < -0.4 is 0 Å². The highest BCUT2D eigenvalue weighted by Crippen LogP contribution is 2.35. The lowest BCUT2D eigenvalue weighted by Crippen LogP contribution is -2.36. The first-order valence-electron chi connectivity index (χ1n) is 9.96. The van der Waals surface area contributed by atoms with Crippen molar-refractivity contribution < 1.29 is 14.1 Å². The number of benzene rings is 3. The first-order valence-corrected chi connectivity index (χ1v) is 12.0. The van der Waals surface area contributed by atoms with Gasteiger partial charge in [0, 0.05) is 18.9 Å². The Morgan fingerprint density at radius 2 is 1.97 bits per heavy atom. The molecule has 0 unspecified atom stereocenters. The molecule has 8 heteroatoms. The summed E-state index contributed by atoms with van der Waals surface area (Å²) in [7, 11) is 0. The van der Waals surface area contributed by atoms with Gasteiger partial charge >= 0.3 is 0 Å². The molecule has 32 heavy (non-hydrogen) atoms. The Labute approximate surface area is 198 Å². The lowest BCUT2D eigenvalue weighted by molar-refractivity contribution is -0.108. The van der Waals surface area contributed by atoms with Gasteiger partial charge in [-0.1, -0.05) is 53.5 Å². The molecule has 0 saturated heterocycles. The molecule has 162 valence electrons. The van der Waals surface area contributed by atoms with Crippen LogP contribution >= 0.6 is 23.2 Å². The first kappa shape index (κ1) is 22.6. The first-order chi connectivity index (χ1) is 15.4. The zero-order valence-electron chi connectivity index (χ0n) is 16.9. The molecule has 1 aliphatic rings. The SMILES string of the molecule is N#Cc1cc2ccccc2c2c1[S@@+]([O-])CCN(C[C@@H](CC=O)c1ccc(Cl)c(Cl)c1)C2=O. The molecule has 4 rings (SSSR count). The van der Waals surface area contributed by atoms with Crippen molar-refractivity contribution in [1.29, 1.82) is 5.26 Å². The van der Waals surface area contributed by atoms with Crippen molar-refractivity contribution in [2.75, 3.05) is 18.8 Å². The van der Waals surface area contributed by atoms with Crippen LogP contribution in [0.15, 0.2) is 53.4 Å². The van der Waals surface area contributed by atoms with Crippen LogP contribution in [-0.2, 0) is 16.0 Å². The average molecular weight is 485 g/mol. The van der Waals surface area contributed by atoms with E-state index >= 15 is 0 Å². The van der Waals surface area contributed by atoms with Crippen molar-refractivity contribution in [3.63, 3.8) is 0 Å². The fourth-order valence-corrected chi connectivity index (χ4v) is 5.73. The molecule has 0 fully saturated rings. The Bertz CT molecular complexity index is 1260. The number of aldehydes is 1. The smallest absolute Gasteiger partial charge is 0.259 e. The number of halogens is 2. The highest BCUT2D eigenvalue weighted by Gasteiger charge is 2.35. The van der Waals surface area contributed by atoms with Crippen molar-refractivity contribution in [2.45, 2.75) is 17.2 Å². The number of fused-ring (bicyclic) bond motifs is 3. The molecule has 0 radical (unpaired) electrons. The summed E-state index contributed by atoms with van der Waals surface area (Å²) in [5, 5.41) is 11.8. The summed E-state index contributed by atoms with van der Waals surface area (Å²) < 4.78 is 13.1. The maximum absolute atomic E-state index is 13.7. The van der Waals surface area contributed by atoms with Crippen molar-refractivity contribution in [2.24, 2.45) is 0 Å². The van der Waals surface area contributed by atoms with Gasteiger partial charge in [0.25, 0.3) is 5.91 Å². The van der Waals surface area contributed by atoms with E-state index in [1.807, 2.05) is 18.2 Å². The molecular weight excluding hydrogens is 467 g/mol. The van der Waals surface area contributed by atoms with Gasteiger partial charge in [-0.25, -0.2) is 0 Å². The molecule has 0 bridgehead atoms. The van der Waals surface area contributed by atoms with E-state index in [1.54, 1.807) is 35.2 Å². The van der Waals surface area contributed by atoms with Crippen molar-refractivity contribution in [3.05, 3.63) is 75.3 Å². The number of nitrogens with zero attached hydrogens (tertiary/aromatic N) is 2. The normalized spacial score (nSPS) is 16.9. The molecule has 1 aliphatic heterocycles. The van der Waals surface area contributed by atoms with E-state index in [2.05, 4.69) is 6.07 Å². The quantitative estimate of drug-likeness (QED) is 0.378. The van der Waals surface area contributed by atoms with Crippen LogP contribution in [0.25, 0.3) is 10.8 Å².